The zero-order valence-corrected chi connectivity index (χ0v) is 12.7. The normalized spacial score (nSPS) is 11.3. The lowest BCUT2D eigenvalue weighted by atomic mass is 10.3. The van der Waals surface area contributed by atoms with E-state index in [1.165, 1.54) is 18.0 Å². The fraction of sp³-hybridized carbons (Fsp3) is 0.133. The van der Waals surface area contributed by atoms with Gasteiger partial charge < -0.3 is 8.98 Å². The number of benzene rings is 1. The molecule has 6 nitrogen and oxygen atoms in total. The predicted molar refractivity (Wildman–Crippen MR) is 85.9 cm³/mol. The minimum atomic E-state index is -0.195. The number of rotatable bonds is 5. The first-order valence-corrected chi connectivity index (χ1v) is 7.62. The number of imidazole rings is 1. The quantitative estimate of drug-likeness (QED) is 0.446. The zero-order chi connectivity index (χ0) is 15.4. The predicted octanol–water partition coefficient (Wildman–Crippen LogP) is 2.41. The number of furan rings is 1. The van der Waals surface area contributed by atoms with Crippen molar-refractivity contribution in [2.24, 2.45) is 12.1 Å². The van der Waals surface area contributed by atoms with Crippen molar-refractivity contribution < 1.29 is 9.21 Å². The van der Waals surface area contributed by atoms with Gasteiger partial charge >= 0.3 is 0 Å². The highest BCUT2D eigenvalue weighted by Gasteiger charge is 2.09. The van der Waals surface area contributed by atoms with E-state index < -0.39 is 0 Å². The molecule has 0 saturated heterocycles. The fourth-order valence-electron chi connectivity index (χ4n) is 1.95. The van der Waals surface area contributed by atoms with E-state index in [-0.39, 0.29) is 11.7 Å². The molecule has 0 fully saturated rings. The van der Waals surface area contributed by atoms with Gasteiger partial charge in [0.1, 0.15) is 5.76 Å². The van der Waals surface area contributed by atoms with Gasteiger partial charge in [0.25, 0.3) is 5.91 Å². The van der Waals surface area contributed by atoms with Gasteiger partial charge in [-0.15, -0.1) is 0 Å². The number of amides is 1. The topological polar surface area (TPSA) is 72.4 Å². The molecule has 0 aliphatic rings. The maximum absolute atomic E-state index is 11.8. The van der Waals surface area contributed by atoms with Crippen LogP contribution in [0.5, 0.6) is 0 Å². The maximum Gasteiger partial charge on any atom is 0.250 e. The lowest BCUT2D eigenvalue weighted by Crippen LogP contribution is -2.19. The van der Waals surface area contributed by atoms with Crippen LogP contribution in [0.1, 0.15) is 5.76 Å². The third-order valence-electron chi connectivity index (χ3n) is 3.00. The number of carbonyl (C=O) groups is 1. The second kappa shape index (κ2) is 6.48. The van der Waals surface area contributed by atoms with Crippen LogP contribution in [0.15, 0.2) is 57.3 Å². The number of hydrogen-bond acceptors (Lipinski definition) is 5. The minimum Gasteiger partial charge on any atom is -0.463 e. The maximum atomic E-state index is 11.8. The fourth-order valence-corrected chi connectivity index (χ4v) is 2.73. The Kier molecular flexibility index (Phi) is 4.24. The van der Waals surface area contributed by atoms with Crippen LogP contribution in [0.25, 0.3) is 11.0 Å². The van der Waals surface area contributed by atoms with Gasteiger partial charge in [0, 0.05) is 7.05 Å². The molecule has 0 unspecified atom stereocenters. The molecule has 3 rings (SSSR count). The van der Waals surface area contributed by atoms with Crippen molar-refractivity contribution in [3.8, 4) is 0 Å². The van der Waals surface area contributed by atoms with Gasteiger partial charge in [-0.25, -0.2) is 10.4 Å². The summed E-state index contributed by atoms with van der Waals surface area (Å²) < 4.78 is 7.05. The van der Waals surface area contributed by atoms with E-state index in [0.717, 1.165) is 16.2 Å². The summed E-state index contributed by atoms with van der Waals surface area (Å²) in [6.07, 6.45) is 3.00. The van der Waals surface area contributed by atoms with Crippen molar-refractivity contribution in [1.29, 1.82) is 0 Å². The van der Waals surface area contributed by atoms with Gasteiger partial charge in [0.05, 0.1) is 29.3 Å². The third kappa shape index (κ3) is 3.20. The van der Waals surface area contributed by atoms with Crippen LogP contribution >= 0.6 is 11.8 Å². The van der Waals surface area contributed by atoms with Crippen molar-refractivity contribution in [3.63, 3.8) is 0 Å². The molecule has 0 saturated carbocycles. The minimum absolute atomic E-state index is 0.195. The number of thioether (sulfide) groups is 1. The van der Waals surface area contributed by atoms with E-state index >= 15 is 0 Å². The van der Waals surface area contributed by atoms with Crippen molar-refractivity contribution in [1.82, 2.24) is 15.0 Å². The Bertz CT molecular complexity index is 808. The number of nitrogens with zero attached hydrogens (tertiary/aromatic N) is 3. The second-order valence-corrected chi connectivity index (χ2v) is 5.48. The van der Waals surface area contributed by atoms with Crippen molar-refractivity contribution in [3.05, 3.63) is 48.4 Å². The molecule has 1 N–H and O–H groups in total. The molecule has 0 spiro atoms. The number of hydrazone groups is 1. The molecule has 0 atom stereocenters. The summed E-state index contributed by atoms with van der Waals surface area (Å²) in [4.78, 5) is 16.3. The Balaban J connectivity index is 1.57. The van der Waals surface area contributed by atoms with Gasteiger partial charge in [-0.05, 0) is 24.3 Å². The van der Waals surface area contributed by atoms with Crippen LogP contribution in [-0.2, 0) is 11.8 Å². The summed E-state index contributed by atoms with van der Waals surface area (Å²) in [7, 11) is 1.94. The lowest BCUT2D eigenvalue weighted by Gasteiger charge is -2.01. The molecule has 2 aromatic heterocycles. The van der Waals surface area contributed by atoms with E-state index in [0.29, 0.717) is 5.76 Å². The van der Waals surface area contributed by atoms with E-state index in [1.54, 1.807) is 18.4 Å². The van der Waals surface area contributed by atoms with Crippen molar-refractivity contribution >= 4 is 34.9 Å². The van der Waals surface area contributed by atoms with Gasteiger partial charge in [-0.2, -0.15) is 5.10 Å². The van der Waals surface area contributed by atoms with E-state index in [1.807, 2.05) is 35.9 Å². The van der Waals surface area contributed by atoms with Gasteiger partial charge in [-0.1, -0.05) is 23.9 Å². The number of para-hydroxylation sites is 2. The van der Waals surface area contributed by atoms with Crippen LogP contribution in [0.3, 0.4) is 0 Å². The van der Waals surface area contributed by atoms with E-state index in [2.05, 4.69) is 15.5 Å². The Morgan fingerprint density at radius 2 is 2.27 bits per heavy atom. The third-order valence-corrected chi connectivity index (χ3v) is 4.03. The summed E-state index contributed by atoms with van der Waals surface area (Å²) in [6, 6.07) is 11.4. The highest BCUT2D eigenvalue weighted by Crippen LogP contribution is 2.22. The molecule has 22 heavy (non-hydrogen) atoms. The summed E-state index contributed by atoms with van der Waals surface area (Å²) >= 11 is 1.37. The molecule has 7 heteroatoms. The largest absolute Gasteiger partial charge is 0.463 e. The Hall–Kier alpha value is -2.54. The molecule has 1 aromatic carbocycles. The summed E-state index contributed by atoms with van der Waals surface area (Å²) in [6.45, 7) is 0. The molecule has 0 aliphatic carbocycles. The van der Waals surface area contributed by atoms with Crippen LogP contribution < -0.4 is 5.43 Å². The monoisotopic (exact) mass is 314 g/mol. The SMILES string of the molecule is Cn1c(SCC(=O)N/N=C\c2ccco2)nc2ccccc21. The number of aromatic nitrogens is 2. The number of nitrogens with one attached hydrogen (secondary N) is 1. The first-order valence-electron chi connectivity index (χ1n) is 6.64. The van der Waals surface area contributed by atoms with Crippen molar-refractivity contribution in [2.45, 2.75) is 5.16 Å². The molecular weight excluding hydrogens is 300 g/mol. The Morgan fingerprint density at radius 3 is 3.05 bits per heavy atom. The first-order chi connectivity index (χ1) is 10.7. The molecule has 3 aromatic rings. The van der Waals surface area contributed by atoms with Crippen LogP contribution in [0, 0.1) is 0 Å². The van der Waals surface area contributed by atoms with Crippen molar-refractivity contribution in [2.75, 3.05) is 5.75 Å². The average Bonchev–Trinajstić information content (AvgIpc) is 3.14. The molecule has 1 amide bonds. The number of fused-ring (bicyclic) bond motifs is 1. The van der Waals surface area contributed by atoms with Gasteiger partial charge in [0.2, 0.25) is 0 Å². The Labute approximate surface area is 131 Å². The van der Waals surface area contributed by atoms with E-state index in [9.17, 15) is 4.79 Å². The number of carbonyl (C=O) groups excluding carboxylic acids is 1. The van der Waals surface area contributed by atoms with Gasteiger partial charge in [0.15, 0.2) is 5.16 Å². The van der Waals surface area contributed by atoms with Crippen LogP contribution in [0.2, 0.25) is 0 Å². The van der Waals surface area contributed by atoms with Crippen LogP contribution in [-0.4, -0.2) is 27.4 Å². The van der Waals surface area contributed by atoms with Crippen LogP contribution in [0.4, 0.5) is 0 Å². The summed E-state index contributed by atoms with van der Waals surface area (Å²) in [5, 5.41) is 4.63. The molecule has 0 radical (unpaired) electrons. The average molecular weight is 314 g/mol. The highest BCUT2D eigenvalue weighted by atomic mass is 32.2. The molecule has 112 valence electrons. The summed E-state index contributed by atoms with van der Waals surface area (Å²) in [5.41, 5.74) is 4.42. The Morgan fingerprint density at radius 1 is 1.41 bits per heavy atom. The lowest BCUT2D eigenvalue weighted by molar-refractivity contribution is -0.118. The molecule has 0 aliphatic heterocycles. The van der Waals surface area contributed by atoms with Gasteiger partial charge in [-0.3, -0.25) is 4.79 Å². The smallest absolute Gasteiger partial charge is 0.250 e. The standard InChI is InChI=1S/C15H14N4O2S/c1-19-13-7-3-2-6-12(13)17-15(19)22-10-14(20)18-16-9-11-5-4-8-21-11/h2-9H,10H2,1H3,(H,18,20)/b16-9-. The molecular formula is C15H14N4O2S. The molecule has 0 bridgehead atoms. The second-order valence-electron chi connectivity index (χ2n) is 4.54. The van der Waals surface area contributed by atoms with E-state index in [4.69, 9.17) is 4.42 Å². The number of hydrogen-bond donors (Lipinski definition) is 1. The highest BCUT2D eigenvalue weighted by molar-refractivity contribution is 7.99. The first kappa shape index (κ1) is 14.4. The number of aryl methyl sites for hydroxylation is 1. The molecule has 2 heterocycles. The zero-order valence-electron chi connectivity index (χ0n) is 11.9. The summed E-state index contributed by atoms with van der Waals surface area (Å²) in [5.74, 6) is 0.635.